The van der Waals surface area contributed by atoms with E-state index in [1.165, 1.54) is 5.56 Å². The first-order valence-corrected chi connectivity index (χ1v) is 6.19. The second-order valence-corrected chi connectivity index (χ2v) is 5.81. The lowest BCUT2D eigenvalue weighted by Crippen LogP contribution is -2.35. The van der Waals surface area contributed by atoms with Crippen LogP contribution in [-0.2, 0) is 6.54 Å². The van der Waals surface area contributed by atoms with E-state index in [2.05, 4.69) is 44.9 Å². The Bertz CT molecular complexity index is 342. The largest absolute Gasteiger partial charge is 0.477 e. The Balaban J connectivity index is 2.54. The van der Waals surface area contributed by atoms with Crippen LogP contribution in [0.4, 0.5) is 0 Å². The van der Waals surface area contributed by atoms with Crippen LogP contribution in [0.15, 0.2) is 18.3 Å². The van der Waals surface area contributed by atoms with Crippen LogP contribution in [0.1, 0.15) is 40.2 Å². The van der Waals surface area contributed by atoms with E-state index in [9.17, 15) is 0 Å². The molecule has 0 amide bonds. The van der Waals surface area contributed by atoms with Gasteiger partial charge in [0.05, 0.1) is 6.61 Å². The maximum absolute atomic E-state index is 5.60. The molecule has 1 heterocycles. The lowest BCUT2D eigenvalue weighted by Gasteiger charge is -2.20. The van der Waals surface area contributed by atoms with Gasteiger partial charge >= 0.3 is 0 Å². The third kappa shape index (κ3) is 6.27. The molecular formula is C14H24N2O. The van der Waals surface area contributed by atoms with Gasteiger partial charge in [-0.25, -0.2) is 4.98 Å². The minimum atomic E-state index is 0.127. The second kappa shape index (κ2) is 6.01. The molecule has 1 aromatic rings. The van der Waals surface area contributed by atoms with Gasteiger partial charge in [0.1, 0.15) is 0 Å². The number of hydrogen-bond acceptors (Lipinski definition) is 3. The van der Waals surface area contributed by atoms with Gasteiger partial charge in [-0.15, -0.1) is 0 Å². The van der Waals surface area contributed by atoms with Crippen LogP contribution in [0.2, 0.25) is 0 Å². The molecular weight excluding hydrogens is 212 g/mol. The molecule has 0 bridgehead atoms. The first kappa shape index (κ1) is 14.0. The van der Waals surface area contributed by atoms with Gasteiger partial charge in [-0.3, -0.25) is 0 Å². The highest BCUT2D eigenvalue weighted by Gasteiger charge is 2.08. The Labute approximate surface area is 105 Å². The summed E-state index contributed by atoms with van der Waals surface area (Å²) in [6, 6.07) is 4.02. The van der Waals surface area contributed by atoms with Crippen molar-refractivity contribution in [2.75, 3.05) is 6.61 Å². The van der Waals surface area contributed by atoms with Crippen molar-refractivity contribution < 1.29 is 4.74 Å². The first-order valence-electron chi connectivity index (χ1n) is 6.19. The molecule has 3 heteroatoms. The molecule has 1 rings (SSSR count). The monoisotopic (exact) mass is 236 g/mol. The van der Waals surface area contributed by atoms with E-state index in [1.54, 1.807) is 6.20 Å². The molecule has 0 fully saturated rings. The summed E-state index contributed by atoms with van der Waals surface area (Å²) in [6.45, 7) is 12.3. The molecule has 0 aliphatic heterocycles. The molecule has 0 spiro atoms. The second-order valence-electron chi connectivity index (χ2n) is 5.81. The fourth-order valence-corrected chi connectivity index (χ4v) is 1.26. The van der Waals surface area contributed by atoms with Crippen LogP contribution >= 0.6 is 0 Å². The Morgan fingerprint density at radius 3 is 2.65 bits per heavy atom. The van der Waals surface area contributed by atoms with Crippen molar-refractivity contribution in [3.63, 3.8) is 0 Å². The predicted molar refractivity (Wildman–Crippen MR) is 71.2 cm³/mol. The molecule has 0 aromatic carbocycles. The van der Waals surface area contributed by atoms with Crippen molar-refractivity contribution in [2.24, 2.45) is 5.92 Å². The molecule has 0 saturated carbocycles. The van der Waals surface area contributed by atoms with Crippen molar-refractivity contribution in [1.29, 1.82) is 0 Å². The number of pyridine rings is 1. The lowest BCUT2D eigenvalue weighted by molar-refractivity contribution is 0.261. The summed E-state index contributed by atoms with van der Waals surface area (Å²) >= 11 is 0. The third-order valence-corrected chi connectivity index (χ3v) is 2.19. The van der Waals surface area contributed by atoms with Crippen molar-refractivity contribution in [2.45, 2.75) is 46.7 Å². The summed E-state index contributed by atoms with van der Waals surface area (Å²) in [5.41, 5.74) is 1.33. The van der Waals surface area contributed by atoms with E-state index in [0.717, 1.165) is 6.54 Å². The summed E-state index contributed by atoms with van der Waals surface area (Å²) in [7, 11) is 0. The molecule has 96 valence electrons. The molecule has 3 nitrogen and oxygen atoms in total. The van der Waals surface area contributed by atoms with Gasteiger partial charge in [-0.1, -0.05) is 13.8 Å². The quantitative estimate of drug-likeness (QED) is 0.853. The molecule has 0 radical (unpaired) electrons. The van der Waals surface area contributed by atoms with E-state index in [0.29, 0.717) is 18.4 Å². The summed E-state index contributed by atoms with van der Waals surface area (Å²) in [5.74, 6) is 1.24. The maximum atomic E-state index is 5.60. The van der Waals surface area contributed by atoms with Gasteiger partial charge < -0.3 is 10.1 Å². The maximum Gasteiger partial charge on any atom is 0.213 e. The van der Waals surface area contributed by atoms with Crippen LogP contribution in [-0.4, -0.2) is 17.1 Å². The topological polar surface area (TPSA) is 34.1 Å². The minimum Gasteiger partial charge on any atom is -0.477 e. The number of nitrogens with zero attached hydrogens (tertiary/aromatic N) is 1. The van der Waals surface area contributed by atoms with Gasteiger partial charge in [-0.05, 0) is 38.3 Å². The number of aromatic nitrogens is 1. The lowest BCUT2D eigenvalue weighted by atomic mass is 10.1. The summed E-state index contributed by atoms with van der Waals surface area (Å²) in [6.07, 6.45) is 1.80. The molecule has 0 aliphatic rings. The number of nitrogens with one attached hydrogen (secondary N) is 1. The average Bonchev–Trinajstić information content (AvgIpc) is 2.23. The van der Waals surface area contributed by atoms with Crippen LogP contribution in [0.5, 0.6) is 5.88 Å². The molecule has 0 aliphatic carbocycles. The van der Waals surface area contributed by atoms with Gasteiger partial charge in [0.15, 0.2) is 0 Å². The highest BCUT2D eigenvalue weighted by atomic mass is 16.5. The van der Waals surface area contributed by atoms with E-state index in [-0.39, 0.29) is 5.54 Å². The Kier molecular flexibility index (Phi) is 4.94. The van der Waals surface area contributed by atoms with Crippen LogP contribution in [0, 0.1) is 5.92 Å². The van der Waals surface area contributed by atoms with Gasteiger partial charge in [-0.2, -0.15) is 0 Å². The van der Waals surface area contributed by atoms with Gasteiger partial charge in [0, 0.05) is 24.3 Å². The smallest absolute Gasteiger partial charge is 0.213 e. The average molecular weight is 236 g/mol. The third-order valence-electron chi connectivity index (χ3n) is 2.19. The Morgan fingerprint density at radius 2 is 2.06 bits per heavy atom. The van der Waals surface area contributed by atoms with E-state index >= 15 is 0 Å². The number of ether oxygens (including phenoxy) is 1. The number of rotatable bonds is 5. The molecule has 1 N–H and O–H groups in total. The molecule has 0 atom stereocenters. The summed E-state index contributed by atoms with van der Waals surface area (Å²) < 4.78 is 5.60. The van der Waals surface area contributed by atoms with Gasteiger partial charge in [0.2, 0.25) is 5.88 Å². The summed E-state index contributed by atoms with van der Waals surface area (Å²) in [5, 5.41) is 3.45. The van der Waals surface area contributed by atoms with E-state index < -0.39 is 0 Å². The highest BCUT2D eigenvalue weighted by molar-refractivity contribution is 5.20. The zero-order chi connectivity index (χ0) is 12.9. The SMILES string of the molecule is CC(C)COc1cc(CNC(C)(C)C)ccn1. The molecule has 17 heavy (non-hydrogen) atoms. The van der Waals surface area contributed by atoms with Crippen LogP contribution in [0.25, 0.3) is 0 Å². The van der Waals surface area contributed by atoms with Crippen molar-refractivity contribution >= 4 is 0 Å². The molecule has 0 saturated heterocycles. The minimum absolute atomic E-state index is 0.127. The van der Waals surface area contributed by atoms with Crippen molar-refractivity contribution in [3.05, 3.63) is 23.9 Å². The standard InChI is InChI=1S/C14H24N2O/c1-11(2)10-17-13-8-12(6-7-15-13)9-16-14(3,4)5/h6-8,11,16H,9-10H2,1-5H3. The summed E-state index contributed by atoms with van der Waals surface area (Å²) in [4.78, 5) is 4.21. The Morgan fingerprint density at radius 1 is 1.35 bits per heavy atom. The fourth-order valence-electron chi connectivity index (χ4n) is 1.26. The van der Waals surface area contributed by atoms with Crippen molar-refractivity contribution in [3.8, 4) is 5.88 Å². The van der Waals surface area contributed by atoms with E-state index in [1.807, 2.05) is 12.1 Å². The van der Waals surface area contributed by atoms with Gasteiger partial charge in [0.25, 0.3) is 0 Å². The van der Waals surface area contributed by atoms with Crippen LogP contribution < -0.4 is 10.1 Å². The fraction of sp³-hybridized carbons (Fsp3) is 0.643. The first-order chi connectivity index (χ1) is 7.87. The zero-order valence-electron chi connectivity index (χ0n) is 11.6. The van der Waals surface area contributed by atoms with Crippen molar-refractivity contribution in [1.82, 2.24) is 10.3 Å². The predicted octanol–water partition coefficient (Wildman–Crippen LogP) is 3.00. The number of hydrogen-bond donors (Lipinski definition) is 1. The zero-order valence-corrected chi connectivity index (χ0v) is 11.6. The van der Waals surface area contributed by atoms with E-state index in [4.69, 9.17) is 4.74 Å². The molecule has 1 aromatic heterocycles. The normalized spacial score (nSPS) is 11.9. The highest BCUT2D eigenvalue weighted by Crippen LogP contribution is 2.11. The Hall–Kier alpha value is -1.09. The molecule has 0 unspecified atom stereocenters. The van der Waals surface area contributed by atoms with Crippen LogP contribution in [0.3, 0.4) is 0 Å².